The molecule has 8 heteroatoms. The molecule has 2 aliphatic heterocycles. The fourth-order valence-corrected chi connectivity index (χ4v) is 3.66. The van der Waals surface area contributed by atoms with E-state index in [9.17, 15) is 9.59 Å². The van der Waals surface area contributed by atoms with Crippen molar-refractivity contribution in [2.45, 2.75) is 44.6 Å². The standard InChI is InChI=1S/C18H22N4O4/c23-16(21-9-4-3-7-15(21)18-25-11-12-26-18)8-10-22-17(24)13-5-1-2-6-14(13)19-20-22/h1-2,5-6,15,18H,3-4,7-12H2. The first-order valence-corrected chi connectivity index (χ1v) is 9.09. The van der Waals surface area contributed by atoms with Crippen molar-refractivity contribution >= 4 is 16.8 Å². The zero-order valence-corrected chi connectivity index (χ0v) is 14.5. The SMILES string of the molecule is O=C(CCn1nnc2ccccc2c1=O)N1CCCCC1C1OCCO1. The molecule has 1 aromatic carbocycles. The van der Waals surface area contributed by atoms with Crippen LogP contribution in [0.5, 0.6) is 0 Å². The summed E-state index contributed by atoms with van der Waals surface area (Å²) in [5, 5.41) is 8.53. The van der Waals surface area contributed by atoms with Gasteiger partial charge in [0.1, 0.15) is 5.52 Å². The summed E-state index contributed by atoms with van der Waals surface area (Å²) in [4.78, 5) is 27.1. The predicted molar refractivity (Wildman–Crippen MR) is 93.5 cm³/mol. The maximum Gasteiger partial charge on any atom is 0.277 e. The molecule has 8 nitrogen and oxygen atoms in total. The number of amides is 1. The van der Waals surface area contributed by atoms with Gasteiger partial charge in [0.2, 0.25) is 5.91 Å². The number of aromatic nitrogens is 3. The van der Waals surface area contributed by atoms with Gasteiger partial charge in [0, 0.05) is 13.0 Å². The van der Waals surface area contributed by atoms with E-state index in [1.165, 1.54) is 4.68 Å². The van der Waals surface area contributed by atoms with E-state index in [1.54, 1.807) is 18.2 Å². The molecule has 0 aliphatic carbocycles. The normalized spacial score (nSPS) is 21.4. The number of carbonyl (C=O) groups is 1. The van der Waals surface area contributed by atoms with Crippen LogP contribution in [0.2, 0.25) is 0 Å². The predicted octanol–water partition coefficient (Wildman–Crippen LogP) is 0.936. The molecule has 2 aromatic rings. The molecule has 2 fully saturated rings. The highest BCUT2D eigenvalue weighted by atomic mass is 16.7. The Morgan fingerprint density at radius 3 is 2.85 bits per heavy atom. The van der Waals surface area contributed by atoms with E-state index in [0.29, 0.717) is 30.7 Å². The first kappa shape index (κ1) is 17.1. The molecule has 0 saturated carbocycles. The number of piperidine rings is 1. The maximum absolute atomic E-state index is 12.8. The summed E-state index contributed by atoms with van der Waals surface area (Å²) < 4.78 is 12.5. The Labute approximate surface area is 150 Å². The lowest BCUT2D eigenvalue weighted by Crippen LogP contribution is -2.50. The van der Waals surface area contributed by atoms with E-state index in [0.717, 1.165) is 19.3 Å². The number of ether oxygens (including phenoxy) is 2. The third-order valence-electron chi connectivity index (χ3n) is 5.00. The minimum absolute atomic E-state index is 0.00402. The molecule has 1 unspecified atom stereocenters. The van der Waals surface area contributed by atoms with Gasteiger partial charge in [-0.1, -0.05) is 17.3 Å². The number of carbonyl (C=O) groups excluding carboxylic acids is 1. The number of nitrogens with zero attached hydrogens (tertiary/aromatic N) is 4. The number of benzene rings is 1. The van der Waals surface area contributed by atoms with Gasteiger partial charge in [0.15, 0.2) is 6.29 Å². The van der Waals surface area contributed by atoms with Gasteiger partial charge in [-0.15, -0.1) is 5.10 Å². The van der Waals surface area contributed by atoms with Crippen molar-refractivity contribution < 1.29 is 14.3 Å². The van der Waals surface area contributed by atoms with Crippen LogP contribution in [0, 0.1) is 0 Å². The van der Waals surface area contributed by atoms with Crippen LogP contribution in [0.3, 0.4) is 0 Å². The number of rotatable bonds is 4. The van der Waals surface area contributed by atoms with Crippen molar-refractivity contribution in [1.82, 2.24) is 19.9 Å². The zero-order valence-electron chi connectivity index (χ0n) is 14.5. The number of hydrogen-bond acceptors (Lipinski definition) is 6. The van der Waals surface area contributed by atoms with E-state index in [-0.39, 0.29) is 36.8 Å². The van der Waals surface area contributed by atoms with Gasteiger partial charge in [-0.3, -0.25) is 9.59 Å². The quantitative estimate of drug-likeness (QED) is 0.808. The number of aryl methyl sites for hydroxylation is 1. The Hall–Kier alpha value is -2.32. The molecule has 26 heavy (non-hydrogen) atoms. The lowest BCUT2D eigenvalue weighted by Gasteiger charge is -2.38. The number of hydrogen-bond donors (Lipinski definition) is 0. The van der Waals surface area contributed by atoms with Crippen LogP contribution < -0.4 is 5.56 Å². The molecule has 2 aliphatic rings. The van der Waals surface area contributed by atoms with E-state index < -0.39 is 0 Å². The van der Waals surface area contributed by atoms with Gasteiger partial charge in [0.25, 0.3) is 5.56 Å². The first-order valence-electron chi connectivity index (χ1n) is 9.09. The third-order valence-corrected chi connectivity index (χ3v) is 5.00. The molecule has 1 amide bonds. The van der Waals surface area contributed by atoms with E-state index >= 15 is 0 Å². The van der Waals surface area contributed by atoms with Crippen LogP contribution in [0.25, 0.3) is 10.9 Å². The molecule has 3 heterocycles. The van der Waals surface area contributed by atoms with Crippen LogP contribution in [-0.4, -0.2) is 57.9 Å². The topological polar surface area (TPSA) is 86.5 Å². The summed E-state index contributed by atoms with van der Waals surface area (Å²) in [5.41, 5.74) is 0.341. The van der Waals surface area contributed by atoms with Crippen LogP contribution in [0.4, 0.5) is 0 Å². The highest BCUT2D eigenvalue weighted by Gasteiger charge is 2.35. The summed E-state index contributed by atoms with van der Waals surface area (Å²) in [7, 11) is 0. The smallest absolute Gasteiger partial charge is 0.277 e. The van der Waals surface area contributed by atoms with Gasteiger partial charge < -0.3 is 14.4 Å². The highest BCUT2D eigenvalue weighted by Crippen LogP contribution is 2.25. The highest BCUT2D eigenvalue weighted by molar-refractivity contribution is 5.77. The Bertz CT molecular complexity index is 846. The Balaban J connectivity index is 1.46. The summed E-state index contributed by atoms with van der Waals surface area (Å²) in [6.07, 6.45) is 2.79. The van der Waals surface area contributed by atoms with Gasteiger partial charge in [-0.05, 0) is 31.4 Å². The largest absolute Gasteiger partial charge is 0.348 e. The number of fused-ring (bicyclic) bond motifs is 1. The third kappa shape index (κ3) is 3.34. The molecule has 0 spiro atoms. The summed E-state index contributed by atoms with van der Waals surface area (Å²) in [6, 6.07) is 7.03. The maximum atomic E-state index is 12.8. The summed E-state index contributed by atoms with van der Waals surface area (Å²) >= 11 is 0. The molecule has 4 rings (SSSR count). The second-order valence-electron chi connectivity index (χ2n) is 6.65. The van der Waals surface area contributed by atoms with Crippen molar-refractivity contribution in [1.29, 1.82) is 0 Å². The monoisotopic (exact) mass is 358 g/mol. The molecule has 2 saturated heterocycles. The lowest BCUT2D eigenvalue weighted by molar-refractivity contribution is -0.150. The van der Waals surface area contributed by atoms with E-state index in [2.05, 4.69) is 10.3 Å². The van der Waals surface area contributed by atoms with Gasteiger partial charge in [-0.25, -0.2) is 4.68 Å². The average Bonchev–Trinajstić information content (AvgIpc) is 3.22. The van der Waals surface area contributed by atoms with Crippen molar-refractivity contribution in [3.05, 3.63) is 34.6 Å². The summed E-state index contributed by atoms with van der Waals surface area (Å²) in [6.45, 7) is 2.06. The molecule has 1 atom stereocenters. The minimum Gasteiger partial charge on any atom is -0.348 e. The van der Waals surface area contributed by atoms with E-state index in [4.69, 9.17) is 9.47 Å². The second kappa shape index (κ2) is 7.51. The molecule has 0 bridgehead atoms. The fraction of sp³-hybridized carbons (Fsp3) is 0.556. The van der Waals surface area contributed by atoms with Crippen molar-refractivity contribution in [2.75, 3.05) is 19.8 Å². The summed E-state index contributed by atoms with van der Waals surface area (Å²) in [5.74, 6) is -0.00402. The molecule has 1 aromatic heterocycles. The molecule has 0 radical (unpaired) electrons. The number of likely N-dealkylation sites (tertiary alicyclic amines) is 1. The average molecular weight is 358 g/mol. The first-order chi connectivity index (χ1) is 12.7. The Kier molecular flexibility index (Phi) is 4.94. The molecular formula is C18H22N4O4. The zero-order chi connectivity index (χ0) is 17.9. The van der Waals surface area contributed by atoms with Crippen LogP contribution in [-0.2, 0) is 20.8 Å². The second-order valence-corrected chi connectivity index (χ2v) is 6.65. The van der Waals surface area contributed by atoms with E-state index in [1.807, 2.05) is 11.0 Å². The van der Waals surface area contributed by atoms with Crippen LogP contribution >= 0.6 is 0 Å². The van der Waals surface area contributed by atoms with Crippen LogP contribution in [0.15, 0.2) is 29.1 Å². The fourth-order valence-electron chi connectivity index (χ4n) is 3.66. The van der Waals surface area contributed by atoms with Crippen molar-refractivity contribution in [3.8, 4) is 0 Å². The van der Waals surface area contributed by atoms with Crippen molar-refractivity contribution in [2.24, 2.45) is 0 Å². The molecule has 138 valence electrons. The molecule has 0 N–H and O–H groups in total. The Morgan fingerprint density at radius 2 is 2.00 bits per heavy atom. The lowest BCUT2D eigenvalue weighted by atomic mass is 10.0. The van der Waals surface area contributed by atoms with Gasteiger partial charge in [-0.2, -0.15) is 0 Å². The van der Waals surface area contributed by atoms with Crippen molar-refractivity contribution in [3.63, 3.8) is 0 Å². The van der Waals surface area contributed by atoms with Gasteiger partial charge >= 0.3 is 0 Å². The van der Waals surface area contributed by atoms with Crippen LogP contribution in [0.1, 0.15) is 25.7 Å². The molecular weight excluding hydrogens is 336 g/mol. The Morgan fingerprint density at radius 1 is 1.19 bits per heavy atom. The van der Waals surface area contributed by atoms with Gasteiger partial charge in [0.05, 0.1) is 31.2 Å². The minimum atomic E-state index is -0.331.